The highest BCUT2D eigenvalue weighted by Gasteiger charge is 1.95. The van der Waals surface area contributed by atoms with E-state index < -0.39 is 5.97 Å². The van der Waals surface area contributed by atoms with E-state index in [0.717, 1.165) is 25.7 Å². The van der Waals surface area contributed by atoms with Crippen LogP contribution in [-0.4, -0.2) is 11.1 Å². The van der Waals surface area contributed by atoms with Crippen molar-refractivity contribution in [3.63, 3.8) is 0 Å². The Bertz CT molecular complexity index is 390. The zero-order chi connectivity index (χ0) is 13.9. The topological polar surface area (TPSA) is 37.3 Å². The maximum Gasteiger partial charge on any atom is 0.303 e. The molecule has 1 rings (SSSR count). The van der Waals surface area contributed by atoms with Crippen LogP contribution in [-0.2, 0) is 11.2 Å². The Morgan fingerprint density at radius 2 is 1.89 bits per heavy atom. The Morgan fingerprint density at radius 3 is 2.53 bits per heavy atom. The SMILES string of the molecule is CCCCc1ccc(/C=C/CCCCC(=O)O)cc1. The van der Waals surface area contributed by atoms with Crippen LogP contribution in [0.15, 0.2) is 30.3 Å². The summed E-state index contributed by atoms with van der Waals surface area (Å²) in [6.07, 6.45) is 10.8. The molecule has 1 N–H and O–H groups in total. The molecule has 0 bridgehead atoms. The molecule has 0 aromatic heterocycles. The number of carbonyl (C=O) groups is 1. The van der Waals surface area contributed by atoms with Crippen LogP contribution in [0.2, 0.25) is 0 Å². The van der Waals surface area contributed by atoms with Gasteiger partial charge in [0.25, 0.3) is 0 Å². The summed E-state index contributed by atoms with van der Waals surface area (Å²) >= 11 is 0. The second kappa shape index (κ2) is 9.37. The minimum absolute atomic E-state index is 0.278. The molecule has 2 heteroatoms. The fourth-order valence-electron chi connectivity index (χ4n) is 1.93. The van der Waals surface area contributed by atoms with Gasteiger partial charge < -0.3 is 5.11 Å². The van der Waals surface area contributed by atoms with E-state index in [-0.39, 0.29) is 6.42 Å². The number of benzene rings is 1. The number of hydrogen-bond acceptors (Lipinski definition) is 1. The molecule has 0 aliphatic carbocycles. The lowest BCUT2D eigenvalue weighted by Crippen LogP contribution is -1.92. The minimum atomic E-state index is -0.702. The lowest BCUT2D eigenvalue weighted by atomic mass is 10.1. The number of allylic oxidation sites excluding steroid dienone is 1. The average molecular weight is 260 g/mol. The fourth-order valence-corrected chi connectivity index (χ4v) is 1.93. The third kappa shape index (κ3) is 7.45. The minimum Gasteiger partial charge on any atom is -0.481 e. The molecule has 0 atom stereocenters. The van der Waals surface area contributed by atoms with Crippen LogP contribution in [0.1, 0.15) is 56.6 Å². The first kappa shape index (κ1) is 15.5. The summed E-state index contributed by atoms with van der Waals surface area (Å²) in [4.78, 5) is 10.3. The highest BCUT2D eigenvalue weighted by Crippen LogP contribution is 2.10. The van der Waals surface area contributed by atoms with Crippen LogP contribution in [0.3, 0.4) is 0 Å². The lowest BCUT2D eigenvalue weighted by Gasteiger charge is -2.00. The summed E-state index contributed by atoms with van der Waals surface area (Å²) < 4.78 is 0. The number of aliphatic carboxylic acids is 1. The molecule has 0 unspecified atom stereocenters. The zero-order valence-corrected chi connectivity index (χ0v) is 11.8. The number of carboxylic acids is 1. The molecule has 0 heterocycles. The second-order valence-electron chi connectivity index (χ2n) is 4.89. The molecule has 0 amide bonds. The first-order valence-corrected chi connectivity index (χ1v) is 7.19. The standard InChI is InChI=1S/C17H24O2/c1-2-3-8-15-11-13-16(14-12-15)9-6-4-5-7-10-17(18)19/h6,9,11-14H,2-5,7-8,10H2,1H3,(H,18,19)/b9-6+. The highest BCUT2D eigenvalue weighted by atomic mass is 16.4. The molecule has 0 radical (unpaired) electrons. The molecular formula is C17H24O2. The Morgan fingerprint density at radius 1 is 1.16 bits per heavy atom. The van der Waals surface area contributed by atoms with E-state index in [4.69, 9.17) is 5.11 Å². The fraction of sp³-hybridized carbons (Fsp3) is 0.471. The predicted octanol–water partition coefficient (Wildman–Crippen LogP) is 4.69. The van der Waals surface area contributed by atoms with Gasteiger partial charge in [-0.15, -0.1) is 0 Å². The summed E-state index contributed by atoms with van der Waals surface area (Å²) in [5.74, 6) is -0.702. The van der Waals surface area contributed by atoms with Gasteiger partial charge in [0, 0.05) is 6.42 Å². The largest absolute Gasteiger partial charge is 0.481 e. The Hall–Kier alpha value is -1.57. The maximum absolute atomic E-state index is 10.3. The average Bonchev–Trinajstić information content (AvgIpc) is 2.41. The Kier molecular flexibility index (Phi) is 7.64. The molecule has 2 nitrogen and oxygen atoms in total. The van der Waals surface area contributed by atoms with Crippen molar-refractivity contribution in [2.45, 2.75) is 51.9 Å². The number of rotatable bonds is 9. The van der Waals surface area contributed by atoms with Gasteiger partial charge in [-0.1, -0.05) is 49.8 Å². The van der Waals surface area contributed by atoms with Crippen molar-refractivity contribution < 1.29 is 9.90 Å². The molecule has 104 valence electrons. The van der Waals surface area contributed by atoms with E-state index in [1.165, 1.54) is 24.0 Å². The summed E-state index contributed by atoms with van der Waals surface area (Å²) in [6.45, 7) is 2.21. The van der Waals surface area contributed by atoms with Gasteiger partial charge in [0.05, 0.1) is 0 Å². The van der Waals surface area contributed by atoms with Crippen LogP contribution in [0.5, 0.6) is 0 Å². The van der Waals surface area contributed by atoms with Gasteiger partial charge in [-0.05, 0) is 43.2 Å². The van der Waals surface area contributed by atoms with Crippen LogP contribution in [0.4, 0.5) is 0 Å². The molecule has 0 fully saturated rings. The smallest absolute Gasteiger partial charge is 0.303 e. The predicted molar refractivity (Wildman–Crippen MR) is 80.2 cm³/mol. The molecule has 0 saturated heterocycles. The van der Waals surface area contributed by atoms with Crippen LogP contribution < -0.4 is 0 Å². The molecule has 1 aromatic carbocycles. The van der Waals surface area contributed by atoms with Gasteiger partial charge in [-0.25, -0.2) is 0 Å². The second-order valence-corrected chi connectivity index (χ2v) is 4.89. The molecule has 0 spiro atoms. The summed E-state index contributed by atoms with van der Waals surface area (Å²) in [7, 11) is 0. The van der Waals surface area contributed by atoms with Crippen LogP contribution in [0.25, 0.3) is 6.08 Å². The first-order chi connectivity index (χ1) is 9.22. The van der Waals surface area contributed by atoms with Gasteiger partial charge in [0.2, 0.25) is 0 Å². The number of unbranched alkanes of at least 4 members (excludes halogenated alkanes) is 3. The van der Waals surface area contributed by atoms with Gasteiger partial charge in [-0.2, -0.15) is 0 Å². The lowest BCUT2D eigenvalue weighted by molar-refractivity contribution is -0.137. The monoisotopic (exact) mass is 260 g/mol. The van der Waals surface area contributed by atoms with Gasteiger partial charge in [0.1, 0.15) is 0 Å². The van der Waals surface area contributed by atoms with E-state index in [9.17, 15) is 4.79 Å². The van der Waals surface area contributed by atoms with E-state index in [0.29, 0.717) is 0 Å². The summed E-state index contributed by atoms with van der Waals surface area (Å²) in [6, 6.07) is 8.69. The Labute approximate surface area is 116 Å². The van der Waals surface area contributed by atoms with Crippen molar-refractivity contribution in [1.82, 2.24) is 0 Å². The van der Waals surface area contributed by atoms with E-state index in [1.54, 1.807) is 0 Å². The molecule has 0 aliphatic rings. The van der Waals surface area contributed by atoms with Crippen molar-refractivity contribution in [1.29, 1.82) is 0 Å². The quantitative estimate of drug-likeness (QED) is 0.654. The van der Waals surface area contributed by atoms with Crippen LogP contribution in [0, 0.1) is 0 Å². The van der Waals surface area contributed by atoms with Gasteiger partial charge in [-0.3, -0.25) is 4.79 Å². The normalized spacial score (nSPS) is 11.0. The Balaban J connectivity index is 2.26. The number of aryl methyl sites for hydroxylation is 1. The maximum atomic E-state index is 10.3. The van der Waals surface area contributed by atoms with Gasteiger partial charge >= 0.3 is 5.97 Å². The number of carboxylic acid groups (broad SMARTS) is 1. The van der Waals surface area contributed by atoms with E-state index in [2.05, 4.69) is 43.3 Å². The molecular weight excluding hydrogens is 236 g/mol. The van der Waals surface area contributed by atoms with E-state index in [1.807, 2.05) is 0 Å². The van der Waals surface area contributed by atoms with Crippen molar-refractivity contribution in [2.75, 3.05) is 0 Å². The molecule has 0 aliphatic heterocycles. The van der Waals surface area contributed by atoms with Crippen molar-refractivity contribution in [3.8, 4) is 0 Å². The van der Waals surface area contributed by atoms with Crippen molar-refractivity contribution in [3.05, 3.63) is 41.5 Å². The molecule has 19 heavy (non-hydrogen) atoms. The van der Waals surface area contributed by atoms with Crippen LogP contribution >= 0.6 is 0 Å². The van der Waals surface area contributed by atoms with E-state index >= 15 is 0 Å². The molecule has 1 aromatic rings. The van der Waals surface area contributed by atoms with Crippen molar-refractivity contribution >= 4 is 12.0 Å². The van der Waals surface area contributed by atoms with Crippen molar-refractivity contribution in [2.24, 2.45) is 0 Å². The third-order valence-corrected chi connectivity index (χ3v) is 3.12. The third-order valence-electron chi connectivity index (χ3n) is 3.12. The summed E-state index contributed by atoms with van der Waals surface area (Å²) in [5, 5.41) is 8.52. The van der Waals surface area contributed by atoms with Gasteiger partial charge in [0.15, 0.2) is 0 Å². The first-order valence-electron chi connectivity index (χ1n) is 7.19. The highest BCUT2D eigenvalue weighted by molar-refractivity contribution is 5.66. The number of hydrogen-bond donors (Lipinski definition) is 1. The zero-order valence-electron chi connectivity index (χ0n) is 11.8. The molecule has 0 saturated carbocycles. The summed E-state index contributed by atoms with van der Waals surface area (Å²) in [5.41, 5.74) is 2.62.